The van der Waals surface area contributed by atoms with Gasteiger partial charge in [-0.1, -0.05) is 0 Å². The van der Waals surface area contributed by atoms with Crippen LogP contribution in [0.4, 0.5) is 8.78 Å². The van der Waals surface area contributed by atoms with E-state index in [0.29, 0.717) is 18.6 Å². The number of halogens is 2. The van der Waals surface area contributed by atoms with Crippen LogP contribution in [-0.2, 0) is 4.74 Å². The second kappa shape index (κ2) is 6.41. The van der Waals surface area contributed by atoms with Crippen molar-refractivity contribution in [3.8, 4) is 0 Å². The summed E-state index contributed by atoms with van der Waals surface area (Å²) in [6.45, 7) is 3.92. The molecule has 0 aliphatic heterocycles. The third-order valence-electron chi connectivity index (χ3n) is 2.05. The van der Waals surface area contributed by atoms with Gasteiger partial charge in [0.2, 0.25) is 0 Å². The minimum atomic E-state index is -0.797. The first kappa shape index (κ1) is 13.7. The van der Waals surface area contributed by atoms with Crippen molar-refractivity contribution in [1.82, 2.24) is 0 Å². The number of rotatable bonds is 5. The Morgan fingerprint density at radius 3 is 2.50 bits per heavy atom. The van der Waals surface area contributed by atoms with Crippen LogP contribution in [0.25, 0.3) is 0 Å². The molecule has 0 amide bonds. The van der Waals surface area contributed by atoms with Gasteiger partial charge in [0.1, 0.15) is 0 Å². The molecule has 0 spiro atoms. The third kappa shape index (κ3) is 3.60. The van der Waals surface area contributed by atoms with Gasteiger partial charge in [-0.2, -0.15) is 0 Å². The number of hydrogen-bond acceptors (Lipinski definition) is 2. The Labute approximate surface area is 109 Å². The first-order chi connectivity index (χ1) is 7.56. The summed E-state index contributed by atoms with van der Waals surface area (Å²) in [5, 5.41) is 0. The molecule has 0 aliphatic rings. The summed E-state index contributed by atoms with van der Waals surface area (Å²) in [5.74, 6) is -1.08. The zero-order valence-electron chi connectivity index (χ0n) is 8.75. The zero-order valence-corrected chi connectivity index (χ0v) is 13.2. The second-order valence-electron chi connectivity index (χ2n) is 3.27. The van der Waals surface area contributed by atoms with Gasteiger partial charge in [0.25, 0.3) is 0 Å². The Balaban J connectivity index is 2.75. The molecule has 0 heterocycles. The van der Waals surface area contributed by atoms with Crippen molar-refractivity contribution in [3.63, 3.8) is 0 Å². The third-order valence-corrected chi connectivity index (χ3v) is 4.19. The van der Waals surface area contributed by atoms with E-state index in [0.717, 1.165) is 0 Å². The summed E-state index contributed by atoms with van der Waals surface area (Å²) in [7, 11) is 0. The fraction of sp³-hybridized carbons (Fsp3) is 0.273. The molecule has 0 saturated heterocycles. The molecule has 1 aromatic carbocycles. The van der Waals surface area contributed by atoms with Gasteiger partial charge in [-0.05, 0) is 0 Å². The molecule has 5 heteroatoms. The van der Waals surface area contributed by atoms with Crippen molar-refractivity contribution in [1.29, 1.82) is 0 Å². The minimum absolute atomic E-state index is 0.122. The Morgan fingerprint density at radius 1 is 1.44 bits per heavy atom. The Morgan fingerprint density at radius 2 is 2.00 bits per heavy atom. The van der Waals surface area contributed by atoms with Crippen LogP contribution in [0.2, 0.25) is 0 Å². The molecule has 0 unspecified atom stereocenters. The van der Waals surface area contributed by atoms with Crippen molar-refractivity contribution in [2.45, 2.75) is 12.6 Å². The van der Waals surface area contributed by atoms with Crippen LogP contribution in [0.15, 0.2) is 24.8 Å². The van der Waals surface area contributed by atoms with E-state index < -0.39 is 17.9 Å². The fourth-order valence-corrected chi connectivity index (χ4v) is 1.79. The summed E-state index contributed by atoms with van der Waals surface area (Å²) >= 11 is 0.122. The van der Waals surface area contributed by atoms with Crippen LogP contribution in [0.3, 0.4) is 0 Å². The van der Waals surface area contributed by atoms with E-state index in [1.54, 1.807) is 6.08 Å². The SMILES string of the molecule is C=CCCO[C@H](N)c1cc(F)[c]([Tl])c(F)c1. The van der Waals surface area contributed by atoms with Crippen molar-refractivity contribution < 1.29 is 13.5 Å². The van der Waals surface area contributed by atoms with Crippen LogP contribution in [-0.4, -0.2) is 32.4 Å². The molecule has 0 aliphatic carbocycles. The van der Waals surface area contributed by atoms with E-state index in [-0.39, 0.29) is 28.9 Å². The van der Waals surface area contributed by atoms with Crippen molar-refractivity contribution >= 4 is 28.9 Å². The van der Waals surface area contributed by atoms with Gasteiger partial charge in [0.15, 0.2) is 0 Å². The predicted octanol–water partition coefficient (Wildman–Crippen LogP) is 1.31. The summed E-state index contributed by atoms with van der Waals surface area (Å²) in [6, 6.07) is 2.47. The Bertz CT molecular complexity index is 361. The molecule has 2 nitrogen and oxygen atoms in total. The molecule has 1 aromatic rings. The van der Waals surface area contributed by atoms with E-state index in [1.807, 2.05) is 0 Å². The molecular formula is C11H12F2NOTl. The quantitative estimate of drug-likeness (QED) is 0.340. The maximum atomic E-state index is 13.3. The van der Waals surface area contributed by atoms with E-state index >= 15 is 0 Å². The molecule has 2 N–H and O–H groups in total. The summed E-state index contributed by atoms with van der Waals surface area (Å²) in [6.07, 6.45) is 1.55. The first-order valence-corrected chi connectivity index (χ1v) is 7.03. The molecule has 1 rings (SSSR count). The predicted molar refractivity (Wildman–Crippen MR) is 59.4 cm³/mol. The van der Waals surface area contributed by atoms with Gasteiger partial charge in [-0.15, -0.1) is 0 Å². The van der Waals surface area contributed by atoms with Crippen LogP contribution in [0.1, 0.15) is 18.2 Å². The molecule has 84 valence electrons. The van der Waals surface area contributed by atoms with Gasteiger partial charge >= 0.3 is 109 Å². The number of hydrogen-bond donors (Lipinski definition) is 1. The van der Waals surface area contributed by atoms with Crippen LogP contribution >= 0.6 is 0 Å². The number of nitrogens with two attached hydrogens (primary N) is 1. The topological polar surface area (TPSA) is 35.2 Å². The first-order valence-electron chi connectivity index (χ1n) is 4.78. The summed E-state index contributed by atoms with van der Waals surface area (Å²) < 4.78 is 31.9. The molecular weight excluding hydrogens is 405 g/mol. The van der Waals surface area contributed by atoms with Gasteiger partial charge < -0.3 is 0 Å². The van der Waals surface area contributed by atoms with Gasteiger partial charge in [-0.3, -0.25) is 0 Å². The maximum absolute atomic E-state index is 13.3. The van der Waals surface area contributed by atoms with E-state index in [9.17, 15) is 8.78 Å². The van der Waals surface area contributed by atoms with E-state index in [4.69, 9.17) is 10.5 Å². The monoisotopic (exact) mass is 417 g/mol. The number of benzene rings is 1. The van der Waals surface area contributed by atoms with Gasteiger partial charge in [0, 0.05) is 0 Å². The average Bonchev–Trinajstić information content (AvgIpc) is 2.25. The van der Waals surface area contributed by atoms with Crippen molar-refractivity contribution in [2.75, 3.05) is 6.61 Å². The molecule has 16 heavy (non-hydrogen) atoms. The zero-order chi connectivity index (χ0) is 12.1. The Hall–Kier alpha value is -0.338. The second-order valence-corrected chi connectivity index (χ2v) is 5.51. The van der Waals surface area contributed by atoms with E-state index in [1.165, 1.54) is 12.1 Å². The molecule has 0 bridgehead atoms. The summed E-state index contributed by atoms with van der Waals surface area (Å²) in [4.78, 5) is 0. The van der Waals surface area contributed by atoms with Crippen molar-refractivity contribution in [3.05, 3.63) is 42.0 Å². The molecule has 0 radical (unpaired) electrons. The Kier molecular flexibility index (Phi) is 5.50. The van der Waals surface area contributed by atoms with Gasteiger partial charge in [-0.25, -0.2) is 0 Å². The molecule has 0 fully saturated rings. The average molecular weight is 417 g/mol. The standard InChI is InChI=1S/C11H12F2NO.Tl/c1-2-3-4-15-11(14)8-5-9(12)7-10(13)6-8;/h2,5-6,11H,1,3-4,14H2;/t11-;/m0./s1. The molecule has 0 aromatic heterocycles. The van der Waals surface area contributed by atoms with Crippen LogP contribution < -0.4 is 8.86 Å². The van der Waals surface area contributed by atoms with Crippen molar-refractivity contribution in [2.24, 2.45) is 5.73 Å². The molecule has 0 saturated carbocycles. The van der Waals surface area contributed by atoms with Crippen LogP contribution in [0, 0.1) is 11.6 Å². The van der Waals surface area contributed by atoms with E-state index in [2.05, 4.69) is 6.58 Å². The normalized spacial score (nSPS) is 12.4. The van der Waals surface area contributed by atoms with Gasteiger partial charge in [0.05, 0.1) is 0 Å². The molecule has 1 atom stereocenters. The number of ether oxygens (including phenoxy) is 1. The van der Waals surface area contributed by atoms with Crippen LogP contribution in [0.5, 0.6) is 0 Å². The summed E-state index contributed by atoms with van der Waals surface area (Å²) in [5.41, 5.74) is 5.97. The fourth-order valence-electron chi connectivity index (χ4n) is 1.14.